The number of hydrogen-bond donors (Lipinski definition) is 1. The minimum Gasteiger partial charge on any atom is -0.492 e. The smallest absolute Gasteiger partial charge is 0.228 e. The van der Waals surface area contributed by atoms with Gasteiger partial charge < -0.3 is 15.0 Å². The van der Waals surface area contributed by atoms with Crippen molar-refractivity contribution in [1.82, 2.24) is 9.88 Å². The lowest BCUT2D eigenvalue weighted by Gasteiger charge is -2.31. The number of anilines is 1. The van der Waals surface area contributed by atoms with E-state index in [2.05, 4.69) is 49.2 Å². The molecule has 1 aliphatic carbocycles. The molecule has 0 saturated heterocycles. The number of rotatable bonds is 7. The van der Waals surface area contributed by atoms with Crippen molar-refractivity contribution in [2.75, 3.05) is 32.6 Å². The second-order valence-corrected chi connectivity index (χ2v) is 8.42. The molecular weight excluding hydrogens is 362 g/mol. The van der Waals surface area contributed by atoms with Gasteiger partial charge in [-0.05, 0) is 93.6 Å². The Labute approximate surface area is 174 Å². The lowest BCUT2D eigenvalue weighted by atomic mass is 9.74. The lowest BCUT2D eigenvalue weighted by molar-refractivity contribution is -0.121. The molecule has 5 nitrogen and oxygen atoms in total. The molecule has 3 rings (SSSR count). The molecule has 156 valence electrons. The van der Waals surface area contributed by atoms with Crippen molar-refractivity contribution in [3.63, 3.8) is 0 Å². The molecule has 0 saturated carbocycles. The van der Waals surface area contributed by atoms with E-state index in [0.717, 1.165) is 31.6 Å². The molecule has 0 radical (unpaired) electrons. The number of fused-ring (bicyclic) bond motifs is 1. The summed E-state index contributed by atoms with van der Waals surface area (Å²) in [4.78, 5) is 19.1. The largest absolute Gasteiger partial charge is 0.492 e. The van der Waals surface area contributed by atoms with Gasteiger partial charge in [-0.1, -0.05) is 13.0 Å². The molecule has 0 aliphatic heterocycles. The van der Waals surface area contributed by atoms with Gasteiger partial charge in [-0.3, -0.25) is 4.79 Å². The van der Waals surface area contributed by atoms with Crippen LogP contribution in [0, 0.1) is 25.7 Å². The first-order valence-corrected chi connectivity index (χ1v) is 10.5. The van der Waals surface area contributed by atoms with Gasteiger partial charge in [0, 0.05) is 18.7 Å². The van der Waals surface area contributed by atoms with E-state index in [9.17, 15) is 4.79 Å². The fourth-order valence-electron chi connectivity index (χ4n) is 4.13. The van der Waals surface area contributed by atoms with Crippen LogP contribution >= 0.6 is 0 Å². The number of ether oxygens (including phenoxy) is 1. The van der Waals surface area contributed by atoms with Crippen molar-refractivity contribution < 1.29 is 9.53 Å². The number of amides is 1. The highest BCUT2D eigenvalue weighted by Crippen LogP contribution is 2.37. The maximum atomic E-state index is 12.8. The first-order valence-electron chi connectivity index (χ1n) is 10.5. The Kier molecular flexibility index (Phi) is 6.91. The summed E-state index contributed by atoms with van der Waals surface area (Å²) in [5, 5.41) is 2.96. The second-order valence-electron chi connectivity index (χ2n) is 8.42. The molecule has 0 bridgehead atoms. The van der Waals surface area contributed by atoms with Crippen LogP contribution in [0.2, 0.25) is 0 Å². The van der Waals surface area contributed by atoms with Crippen LogP contribution in [0.5, 0.6) is 5.75 Å². The Hall–Kier alpha value is -2.40. The highest BCUT2D eigenvalue weighted by atomic mass is 16.5. The molecule has 0 fully saturated rings. The Morgan fingerprint density at radius 2 is 2.10 bits per heavy atom. The van der Waals surface area contributed by atoms with Gasteiger partial charge in [-0.15, -0.1) is 0 Å². The van der Waals surface area contributed by atoms with Gasteiger partial charge in [0.2, 0.25) is 5.91 Å². The van der Waals surface area contributed by atoms with Gasteiger partial charge in [0.1, 0.15) is 18.2 Å². The zero-order valence-electron chi connectivity index (χ0n) is 18.3. The molecule has 1 N–H and O–H groups in total. The van der Waals surface area contributed by atoms with Crippen LogP contribution in [0.25, 0.3) is 0 Å². The van der Waals surface area contributed by atoms with Crippen molar-refractivity contribution in [2.24, 2.45) is 11.8 Å². The monoisotopic (exact) mass is 395 g/mol. The third-order valence-electron chi connectivity index (χ3n) is 6.07. The fraction of sp³-hybridized carbons (Fsp3) is 0.500. The molecular formula is C24H33N3O2. The van der Waals surface area contributed by atoms with E-state index in [1.165, 1.54) is 22.3 Å². The van der Waals surface area contributed by atoms with Crippen molar-refractivity contribution in [3.8, 4) is 5.75 Å². The Bertz CT molecular complexity index is 849. The van der Waals surface area contributed by atoms with E-state index < -0.39 is 0 Å². The number of likely N-dealkylation sites (N-methyl/N-ethyl adjacent to an activating group) is 1. The number of aryl methyl sites for hydroxylation is 1. The average Bonchev–Trinajstić information content (AvgIpc) is 2.71. The number of pyridine rings is 1. The van der Waals surface area contributed by atoms with Crippen LogP contribution in [0.3, 0.4) is 0 Å². The van der Waals surface area contributed by atoms with E-state index in [1.807, 2.05) is 25.1 Å². The molecule has 2 atom stereocenters. The minimum atomic E-state index is -0.0665. The average molecular weight is 396 g/mol. The van der Waals surface area contributed by atoms with Crippen LogP contribution < -0.4 is 10.1 Å². The SMILES string of the molecule is Cc1cc(OCCN(C)C)c(C)c2c1CCC([C@H](C)C(=O)Nc1ccccn1)C2. The van der Waals surface area contributed by atoms with Gasteiger partial charge >= 0.3 is 0 Å². The highest BCUT2D eigenvalue weighted by Gasteiger charge is 2.30. The zero-order chi connectivity index (χ0) is 21.0. The summed E-state index contributed by atoms with van der Waals surface area (Å²) < 4.78 is 6.09. The minimum absolute atomic E-state index is 0.0462. The number of benzene rings is 1. The molecule has 1 aromatic heterocycles. The maximum Gasteiger partial charge on any atom is 0.228 e. The predicted molar refractivity (Wildman–Crippen MR) is 118 cm³/mol. The highest BCUT2D eigenvalue weighted by molar-refractivity contribution is 5.91. The van der Waals surface area contributed by atoms with E-state index in [0.29, 0.717) is 18.3 Å². The second kappa shape index (κ2) is 9.40. The summed E-state index contributed by atoms with van der Waals surface area (Å²) in [5.41, 5.74) is 5.34. The summed E-state index contributed by atoms with van der Waals surface area (Å²) in [5.74, 6) is 1.90. The molecule has 29 heavy (non-hydrogen) atoms. The summed E-state index contributed by atoms with van der Waals surface area (Å²) in [6, 6.07) is 7.74. The van der Waals surface area contributed by atoms with Crippen LogP contribution in [-0.4, -0.2) is 43.0 Å². The van der Waals surface area contributed by atoms with Crippen molar-refractivity contribution in [1.29, 1.82) is 0 Å². The Morgan fingerprint density at radius 1 is 1.31 bits per heavy atom. The Morgan fingerprint density at radius 3 is 2.79 bits per heavy atom. The molecule has 5 heteroatoms. The van der Waals surface area contributed by atoms with Gasteiger partial charge in [0.25, 0.3) is 0 Å². The number of carbonyl (C=O) groups is 1. The van der Waals surface area contributed by atoms with Crippen LogP contribution in [0.1, 0.15) is 35.6 Å². The molecule has 2 aromatic rings. The summed E-state index contributed by atoms with van der Waals surface area (Å²) in [7, 11) is 4.10. The number of nitrogens with one attached hydrogen (secondary N) is 1. The van der Waals surface area contributed by atoms with Crippen LogP contribution in [-0.2, 0) is 17.6 Å². The van der Waals surface area contributed by atoms with Gasteiger partial charge in [-0.25, -0.2) is 4.98 Å². The maximum absolute atomic E-state index is 12.8. The van der Waals surface area contributed by atoms with E-state index in [4.69, 9.17) is 4.74 Å². The molecule has 1 unspecified atom stereocenters. The van der Waals surface area contributed by atoms with Crippen LogP contribution in [0.4, 0.5) is 5.82 Å². The third kappa shape index (κ3) is 5.15. The number of nitrogens with zero attached hydrogens (tertiary/aromatic N) is 2. The topological polar surface area (TPSA) is 54.5 Å². The zero-order valence-corrected chi connectivity index (χ0v) is 18.3. The quantitative estimate of drug-likeness (QED) is 0.769. The van der Waals surface area contributed by atoms with Crippen LogP contribution in [0.15, 0.2) is 30.5 Å². The van der Waals surface area contributed by atoms with E-state index in [1.54, 1.807) is 6.20 Å². The first kappa shape index (κ1) is 21.3. The first-order chi connectivity index (χ1) is 13.9. The fourth-order valence-corrected chi connectivity index (χ4v) is 4.13. The lowest BCUT2D eigenvalue weighted by Crippen LogP contribution is -2.31. The van der Waals surface area contributed by atoms with Gasteiger partial charge in [0.05, 0.1) is 0 Å². The molecule has 1 aliphatic rings. The standard InChI is InChI=1S/C24H33N3O2/c1-16-14-22(29-13-12-27(4)5)18(3)21-15-19(9-10-20(16)21)17(2)24(28)26-23-8-6-7-11-25-23/h6-8,11,14,17,19H,9-10,12-13,15H2,1-5H3,(H,25,26,28)/t17-,19?/m0/s1. The van der Waals surface area contributed by atoms with E-state index in [-0.39, 0.29) is 11.8 Å². The molecule has 0 spiro atoms. The van der Waals surface area contributed by atoms with E-state index >= 15 is 0 Å². The number of hydrogen-bond acceptors (Lipinski definition) is 4. The van der Waals surface area contributed by atoms with Crippen molar-refractivity contribution in [3.05, 3.63) is 52.7 Å². The summed E-state index contributed by atoms with van der Waals surface area (Å²) in [6.07, 6.45) is 4.67. The third-order valence-corrected chi connectivity index (χ3v) is 6.07. The Balaban J connectivity index is 1.73. The number of carbonyl (C=O) groups excluding carboxylic acids is 1. The van der Waals surface area contributed by atoms with Crippen molar-refractivity contribution >= 4 is 11.7 Å². The van der Waals surface area contributed by atoms with Crippen molar-refractivity contribution in [2.45, 2.75) is 40.0 Å². The summed E-state index contributed by atoms with van der Waals surface area (Å²) in [6.45, 7) is 7.94. The normalized spacial score (nSPS) is 17.0. The summed E-state index contributed by atoms with van der Waals surface area (Å²) >= 11 is 0. The van der Waals surface area contributed by atoms with Gasteiger partial charge in [0.15, 0.2) is 0 Å². The molecule has 1 amide bonds. The molecule has 1 heterocycles. The predicted octanol–water partition coefficient (Wildman–Crippen LogP) is 4.02. The number of aromatic nitrogens is 1. The van der Waals surface area contributed by atoms with Gasteiger partial charge in [-0.2, -0.15) is 0 Å². The molecule has 1 aromatic carbocycles.